The minimum absolute atomic E-state index is 0.109. The average Bonchev–Trinajstić information content (AvgIpc) is 2.76. The van der Waals surface area contributed by atoms with E-state index in [9.17, 15) is 18.0 Å². The van der Waals surface area contributed by atoms with Crippen LogP contribution in [-0.4, -0.2) is 53.1 Å². The third-order valence-corrected chi connectivity index (χ3v) is 3.88. The van der Waals surface area contributed by atoms with E-state index >= 15 is 0 Å². The van der Waals surface area contributed by atoms with Crippen LogP contribution in [0.25, 0.3) is 0 Å². The molecule has 1 fully saturated rings. The molecule has 0 spiro atoms. The number of nitrogens with zero attached hydrogens (tertiary/aromatic N) is 3. The number of piperidine rings is 1. The van der Waals surface area contributed by atoms with Crippen molar-refractivity contribution in [2.45, 2.75) is 25.9 Å². The predicted octanol–water partition coefficient (Wildman–Crippen LogP) is 2.16. The Bertz CT molecular complexity index is 500. The molecule has 22 heavy (non-hydrogen) atoms. The molecule has 1 aliphatic heterocycles. The summed E-state index contributed by atoms with van der Waals surface area (Å²) in [5, 5.41) is 4.04. The fourth-order valence-corrected chi connectivity index (χ4v) is 2.49. The maximum absolute atomic E-state index is 12.3. The lowest BCUT2D eigenvalue weighted by molar-refractivity contribution is -0.148. The highest BCUT2D eigenvalue weighted by atomic mass is 19.4. The van der Waals surface area contributed by atoms with Crippen molar-refractivity contribution in [1.82, 2.24) is 14.7 Å². The minimum atomic E-state index is -4.16. The fraction of sp³-hybridized carbons (Fsp3) is 0.714. The second kappa shape index (κ2) is 6.68. The predicted molar refractivity (Wildman–Crippen MR) is 73.4 cm³/mol. The highest BCUT2D eigenvalue weighted by Gasteiger charge is 2.32. The van der Waals surface area contributed by atoms with E-state index in [0.717, 1.165) is 5.69 Å². The Morgan fingerprint density at radius 2 is 2.05 bits per heavy atom. The molecule has 1 aromatic rings. The number of hydrogen-bond acceptors (Lipinski definition) is 4. The van der Waals surface area contributed by atoms with Crippen LogP contribution < -0.4 is 0 Å². The second-order valence-electron chi connectivity index (χ2n) is 5.73. The molecule has 0 N–H and O–H groups in total. The standard InChI is InChI=1S/C14H20F3N3O2/c1-10-7-12(18-19(10)2)13(21)22-8-11-3-5-20(6-4-11)9-14(15,16)17/h7,11H,3-6,8-9H2,1-2H3. The second-order valence-corrected chi connectivity index (χ2v) is 5.73. The lowest BCUT2D eigenvalue weighted by Gasteiger charge is -2.31. The zero-order chi connectivity index (χ0) is 16.3. The quantitative estimate of drug-likeness (QED) is 0.798. The molecule has 1 aromatic heterocycles. The van der Waals surface area contributed by atoms with Crippen molar-refractivity contribution >= 4 is 5.97 Å². The number of rotatable bonds is 4. The third-order valence-electron chi connectivity index (χ3n) is 3.88. The molecule has 0 radical (unpaired) electrons. The smallest absolute Gasteiger partial charge is 0.401 e. The third kappa shape index (κ3) is 4.72. The summed E-state index contributed by atoms with van der Waals surface area (Å²) in [5.74, 6) is -0.375. The van der Waals surface area contributed by atoms with E-state index in [4.69, 9.17) is 4.74 Å². The Morgan fingerprint density at radius 3 is 2.55 bits per heavy atom. The first-order chi connectivity index (χ1) is 10.2. The summed E-state index contributed by atoms with van der Waals surface area (Å²) < 4.78 is 43.7. The number of likely N-dealkylation sites (tertiary alicyclic amines) is 1. The van der Waals surface area contributed by atoms with Gasteiger partial charge in [-0.25, -0.2) is 4.79 Å². The van der Waals surface area contributed by atoms with Crippen LogP contribution in [0.1, 0.15) is 29.0 Å². The van der Waals surface area contributed by atoms with Gasteiger partial charge in [0.15, 0.2) is 5.69 Å². The molecule has 2 heterocycles. The van der Waals surface area contributed by atoms with E-state index in [-0.39, 0.29) is 18.2 Å². The molecule has 0 aliphatic carbocycles. The Labute approximate surface area is 127 Å². The molecular formula is C14H20F3N3O2. The number of alkyl halides is 3. The first kappa shape index (κ1) is 16.8. The fourth-order valence-electron chi connectivity index (χ4n) is 2.49. The number of esters is 1. The SMILES string of the molecule is Cc1cc(C(=O)OCC2CCN(CC(F)(F)F)CC2)nn1C. The van der Waals surface area contributed by atoms with Gasteiger partial charge in [-0.3, -0.25) is 9.58 Å². The Kier molecular flexibility index (Phi) is 5.10. The molecule has 2 rings (SSSR count). The van der Waals surface area contributed by atoms with Crippen LogP contribution in [-0.2, 0) is 11.8 Å². The van der Waals surface area contributed by atoms with Gasteiger partial charge >= 0.3 is 12.1 Å². The highest BCUT2D eigenvalue weighted by molar-refractivity contribution is 5.87. The monoisotopic (exact) mass is 319 g/mol. The molecule has 0 amide bonds. The van der Waals surface area contributed by atoms with Gasteiger partial charge in [-0.1, -0.05) is 0 Å². The maximum Gasteiger partial charge on any atom is 0.401 e. The van der Waals surface area contributed by atoms with Crippen molar-refractivity contribution in [1.29, 1.82) is 0 Å². The molecule has 0 atom stereocenters. The van der Waals surface area contributed by atoms with Gasteiger partial charge in [-0.05, 0) is 44.8 Å². The van der Waals surface area contributed by atoms with Gasteiger partial charge in [0, 0.05) is 12.7 Å². The van der Waals surface area contributed by atoms with Crippen molar-refractivity contribution in [3.8, 4) is 0 Å². The first-order valence-electron chi connectivity index (χ1n) is 7.21. The van der Waals surface area contributed by atoms with Crippen LogP contribution in [0, 0.1) is 12.8 Å². The Hall–Kier alpha value is -1.57. The summed E-state index contributed by atoms with van der Waals surface area (Å²) in [5.41, 5.74) is 1.11. The zero-order valence-corrected chi connectivity index (χ0v) is 12.7. The van der Waals surface area contributed by atoms with Crippen LogP contribution >= 0.6 is 0 Å². The molecular weight excluding hydrogens is 299 g/mol. The van der Waals surface area contributed by atoms with E-state index in [1.807, 2.05) is 6.92 Å². The summed E-state index contributed by atoms with van der Waals surface area (Å²) in [4.78, 5) is 13.2. The molecule has 0 saturated carbocycles. The normalized spacial score (nSPS) is 17.7. The number of carbonyl (C=O) groups excluding carboxylic acids is 1. The number of ether oxygens (including phenoxy) is 1. The summed E-state index contributed by atoms with van der Waals surface area (Å²) >= 11 is 0. The molecule has 5 nitrogen and oxygen atoms in total. The molecule has 0 unspecified atom stereocenters. The van der Waals surface area contributed by atoms with Crippen molar-refractivity contribution in [3.05, 3.63) is 17.5 Å². The number of aryl methyl sites for hydroxylation is 2. The number of aromatic nitrogens is 2. The topological polar surface area (TPSA) is 47.4 Å². The van der Waals surface area contributed by atoms with Crippen molar-refractivity contribution in [2.24, 2.45) is 13.0 Å². The van der Waals surface area contributed by atoms with E-state index in [0.29, 0.717) is 25.9 Å². The van der Waals surface area contributed by atoms with Gasteiger partial charge in [-0.2, -0.15) is 18.3 Å². The molecule has 124 valence electrons. The lowest BCUT2D eigenvalue weighted by atomic mass is 9.98. The van der Waals surface area contributed by atoms with Gasteiger partial charge in [0.1, 0.15) is 0 Å². The van der Waals surface area contributed by atoms with E-state index in [1.54, 1.807) is 17.8 Å². The summed E-state index contributed by atoms with van der Waals surface area (Å²) in [6.45, 7) is 1.95. The van der Waals surface area contributed by atoms with E-state index in [1.165, 1.54) is 4.90 Å². The summed E-state index contributed by atoms with van der Waals surface area (Å²) in [7, 11) is 1.74. The highest BCUT2D eigenvalue weighted by Crippen LogP contribution is 2.22. The van der Waals surface area contributed by atoms with E-state index < -0.39 is 18.7 Å². The number of halogens is 3. The Morgan fingerprint density at radius 1 is 1.41 bits per heavy atom. The molecule has 8 heteroatoms. The Balaban J connectivity index is 1.74. The molecule has 0 aromatic carbocycles. The van der Waals surface area contributed by atoms with Crippen LogP contribution in [0.15, 0.2) is 6.07 Å². The van der Waals surface area contributed by atoms with Gasteiger partial charge in [-0.15, -0.1) is 0 Å². The average molecular weight is 319 g/mol. The summed E-state index contributed by atoms with van der Waals surface area (Å²) in [6, 6.07) is 1.65. The summed E-state index contributed by atoms with van der Waals surface area (Å²) in [6.07, 6.45) is -2.95. The van der Waals surface area contributed by atoms with Crippen molar-refractivity contribution < 1.29 is 22.7 Å². The van der Waals surface area contributed by atoms with Crippen molar-refractivity contribution in [3.63, 3.8) is 0 Å². The van der Waals surface area contributed by atoms with Gasteiger partial charge in [0.05, 0.1) is 13.2 Å². The van der Waals surface area contributed by atoms with Crippen LogP contribution in [0.5, 0.6) is 0 Å². The minimum Gasteiger partial charge on any atom is -0.461 e. The van der Waals surface area contributed by atoms with Crippen LogP contribution in [0.2, 0.25) is 0 Å². The van der Waals surface area contributed by atoms with E-state index in [2.05, 4.69) is 5.10 Å². The molecule has 0 bridgehead atoms. The van der Waals surface area contributed by atoms with Crippen LogP contribution in [0.3, 0.4) is 0 Å². The van der Waals surface area contributed by atoms with Gasteiger partial charge in [0.2, 0.25) is 0 Å². The van der Waals surface area contributed by atoms with Gasteiger partial charge in [0.25, 0.3) is 0 Å². The largest absolute Gasteiger partial charge is 0.461 e. The number of carbonyl (C=O) groups is 1. The van der Waals surface area contributed by atoms with Gasteiger partial charge < -0.3 is 4.74 Å². The van der Waals surface area contributed by atoms with Crippen LogP contribution in [0.4, 0.5) is 13.2 Å². The van der Waals surface area contributed by atoms with Crippen molar-refractivity contribution in [2.75, 3.05) is 26.2 Å². The molecule has 1 saturated heterocycles. The first-order valence-corrected chi connectivity index (χ1v) is 7.21. The lowest BCUT2D eigenvalue weighted by Crippen LogP contribution is -2.40. The molecule has 1 aliphatic rings. The number of hydrogen-bond donors (Lipinski definition) is 0. The maximum atomic E-state index is 12.3. The zero-order valence-electron chi connectivity index (χ0n) is 12.7.